The van der Waals surface area contributed by atoms with Crippen LogP contribution >= 0.6 is 0 Å². The van der Waals surface area contributed by atoms with Gasteiger partial charge in [-0.3, -0.25) is 0 Å². The van der Waals surface area contributed by atoms with Crippen LogP contribution in [0.1, 0.15) is 111 Å². The van der Waals surface area contributed by atoms with Crippen molar-refractivity contribution in [2.24, 2.45) is 16.2 Å². The first-order valence-corrected chi connectivity index (χ1v) is 34.3. The summed E-state index contributed by atoms with van der Waals surface area (Å²) in [6.07, 6.45) is 4.26. The van der Waals surface area contributed by atoms with Gasteiger partial charge in [0.25, 0.3) is 6.71 Å². The summed E-state index contributed by atoms with van der Waals surface area (Å²) in [5.41, 5.74) is 27.1. The Morgan fingerprint density at radius 3 is 1.59 bits per heavy atom. The number of hydrogen-bond donors (Lipinski definition) is 0. The van der Waals surface area contributed by atoms with Gasteiger partial charge < -0.3 is 14.7 Å². The number of nitrogens with zero attached hydrogens (tertiary/aromatic N) is 3. The van der Waals surface area contributed by atoms with E-state index in [0.29, 0.717) is 0 Å². The molecule has 0 N–H and O–H groups in total. The molecule has 3 nitrogen and oxygen atoms in total. The predicted molar refractivity (Wildman–Crippen MR) is 361 cm³/mol. The predicted octanol–water partition coefficient (Wildman–Crippen LogP) is 18.8. The van der Waals surface area contributed by atoms with E-state index in [1.807, 2.05) is 0 Å². The van der Waals surface area contributed by atoms with Crippen molar-refractivity contribution in [3.8, 4) is 33.4 Å². The smallest absolute Gasteiger partial charge is 0.252 e. The molecule has 9 aromatic rings. The van der Waals surface area contributed by atoms with Gasteiger partial charge in [-0.1, -0.05) is 234 Å². The molecule has 0 spiro atoms. The third kappa shape index (κ3) is 8.32. The molecule has 14 rings (SSSR count). The van der Waals surface area contributed by atoms with E-state index in [-0.39, 0.29) is 39.3 Å². The summed E-state index contributed by atoms with van der Waals surface area (Å²) >= 11 is 0. The zero-order chi connectivity index (χ0) is 58.0. The van der Waals surface area contributed by atoms with Crippen LogP contribution < -0.4 is 36.3 Å². The highest BCUT2D eigenvalue weighted by molar-refractivity contribution is 7.00. The summed E-state index contributed by atoms with van der Waals surface area (Å²) in [5.74, 6) is 0. The fraction of sp³-hybridized carbons (Fsp3) is 0.308. The van der Waals surface area contributed by atoms with E-state index < -0.39 is 8.07 Å². The van der Waals surface area contributed by atoms with Gasteiger partial charge >= 0.3 is 0 Å². The minimum absolute atomic E-state index is 0.0528. The number of benzene rings is 9. The van der Waals surface area contributed by atoms with Crippen LogP contribution in [0.5, 0.6) is 0 Å². The van der Waals surface area contributed by atoms with Gasteiger partial charge in [0.05, 0.1) is 19.3 Å². The zero-order valence-corrected chi connectivity index (χ0v) is 52.7. The molecule has 9 aromatic carbocycles. The molecule has 0 saturated heterocycles. The maximum Gasteiger partial charge on any atom is 0.252 e. The Bertz CT molecular complexity index is 4070. The fourth-order valence-electron chi connectivity index (χ4n) is 16.2. The number of hydrogen-bond acceptors (Lipinski definition) is 3. The lowest BCUT2D eigenvalue weighted by Gasteiger charge is -2.61. The lowest BCUT2D eigenvalue weighted by atomic mass is 9.33. The maximum atomic E-state index is 2.88. The lowest BCUT2D eigenvalue weighted by Crippen LogP contribution is -2.63. The van der Waals surface area contributed by atoms with Gasteiger partial charge in [0.2, 0.25) is 0 Å². The lowest BCUT2D eigenvalue weighted by molar-refractivity contribution is -0.0311. The molecular formula is C78H82BN3Si. The largest absolute Gasteiger partial charge is 0.334 e. The van der Waals surface area contributed by atoms with Crippen molar-refractivity contribution < 1.29 is 0 Å². The summed E-state index contributed by atoms with van der Waals surface area (Å²) in [7, 11) is -1.70. The van der Waals surface area contributed by atoms with Crippen molar-refractivity contribution in [3.05, 3.63) is 216 Å². The average molecular weight is 1100 g/mol. The zero-order valence-electron chi connectivity index (χ0n) is 51.7. The normalized spacial score (nSPS) is 20.5. The van der Waals surface area contributed by atoms with E-state index >= 15 is 0 Å². The molecule has 0 aromatic heterocycles. The first kappa shape index (κ1) is 53.7. The molecule has 5 heteroatoms. The van der Waals surface area contributed by atoms with E-state index in [0.717, 1.165) is 31.4 Å². The Balaban J connectivity index is 1.13. The molecule has 2 unspecified atom stereocenters. The highest BCUT2D eigenvalue weighted by atomic mass is 28.3. The Morgan fingerprint density at radius 2 is 0.964 bits per heavy atom. The first-order valence-electron chi connectivity index (χ1n) is 30.8. The molecule has 3 heterocycles. The number of anilines is 8. The molecule has 1 saturated carbocycles. The molecule has 83 heavy (non-hydrogen) atoms. The second kappa shape index (κ2) is 18.3. The van der Waals surface area contributed by atoms with E-state index in [1.54, 1.807) is 0 Å². The van der Waals surface area contributed by atoms with E-state index in [4.69, 9.17) is 0 Å². The number of fused-ring (bicyclic) bond motifs is 8. The molecule has 2 atom stereocenters. The number of rotatable bonds is 7. The quantitative estimate of drug-likeness (QED) is 0.147. The average Bonchev–Trinajstić information content (AvgIpc) is 1.87. The molecule has 0 bridgehead atoms. The third-order valence-electron chi connectivity index (χ3n) is 21.3. The second-order valence-corrected chi connectivity index (χ2v) is 35.2. The second-order valence-electron chi connectivity index (χ2n) is 30.1. The van der Waals surface area contributed by atoms with Crippen molar-refractivity contribution in [3.63, 3.8) is 0 Å². The van der Waals surface area contributed by atoms with Crippen LogP contribution in [-0.4, -0.2) is 20.3 Å². The van der Waals surface area contributed by atoms with Crippen LogP contribution in [0.25, 0.3) is 33.4 Å². The molecule has 3 aliphatic heterocycles. The van der Waals surface area contributed by atoms with Gasteiger partial charge in [0.1, 0.15) is 0 Å². The highest BCUT2D eigenvalue weighted by Crippen LogP contribution is 2.69. The van der Waals surface area contributed by atoms with Gasteiger partial charge in [0.15, 0.2) is 0 Å². The van der Waals surface area contributed by atoms with Crippen LogP contribution in [0.2, 0.25) is 19.6 Å². The van der Waals surface area contributed by atoms with Crippen LogP contribution in [-0.2, 0) is 23.7 Å². The minimum atomic E-state index is -1.70. The molecule has 0 radical (unpaired) electrons. The molecular weight excluding hydrogens is 1020 g/mol. The first-order chi connectivity index (χ1) is 39.3. The molecule has 0 amide bonds. The summed E-state index contributed by atoms with van der Waals surface area (Å²) in [5, 5.41) is 1.54. The minimum Gasteiger partial charge on any atom is -0.334 e. The Kier molecular flexibility index (Phi) is 11.8. The molecule has 1 fully saturated rings. The Morgan fingerprint density at radius 1 is 0.434 bits per heavy atom. The van der Waals surface area contributed by atoms with Crippen molar-refractivity contribution in [2.45, 2.75) is 138 Å². The summed E-state index contributed by atoms with van der Waals surface area (Å²) in [6.45, 7) is 35.0. The van der Waals surface area contributed by atoms with Gasteiger partial charge in [-0.2, -0.15) is 0 Å². The van der Waals surface area contributed by atoms with Crippen LogP contribution in [0.15, 0.2) is 194 Å². The summed E-state index contributed by atoms with van der Waals surface area (Å²) in [4.78, 5) is 8.28. The van der Waals surface area contributed by atoms with Crippen molar-refractivity contribution in [2.75, 3.05) is 14.7 Å². The van der Waals surface area contributed by atoms with E-state index in [1.165, 1.54) is 117 Å². The summed E-state index contributed by atoms with van der Waals surface area (Å²) in [6, 6.07) is 75.7. The SMILES string of the molecule is CC1(C)Cc2cc3c(cc2C1)N(c1ccc(C(C)(C)C)cc1-c1ccccc1)c1cc(N2c4ccc([Si](C)(C)C)cc4C4(C)CC(C)(C)C(C)(C)CC24C)cc2c1B3c1cc(-c3ccccc3)ccc1N2c1ccc(-c2ccccc2)cc1. The van der Waals surface area contributed by atoms with Gasteiger partial charge in [-0.15, -0.1) is 0 Å². The van der Waals surface area contributed by atoms with Crippen LogP contribution in [0, 0.1) is 16.2 Å². The fourth-order valence-corrected chi connectivity index (χ4v) is 17.3. The van der Waals surface area contributed by atoms with Crippen molar-refractivity contribution in [1.82, 2.24) is 0 Å². The Labute approximate surface area is 497 Å². The standard InChI is InChI=1S/C78H82BN3Si/c1-73(2,3)58-33-38-66(62(43-58)54-28-22-17-23-29-54)81-69-42-57-48-74(4,5)47-56(57)41-65(69)79-64-40-55(52-26-20-16-21-27-52)32-37-68(64)80(59-34-30-53(31-35-59)51-24-18-15-19-25-51)70-44-60(45-71(81)72(70)79)82-67-39-36-61(83(12,13)14)46-63(67)77(10)49-75(6,7)76(8,9)50-78(77,82)11/h15-46H,47-50H2,1-14H3. The molecule has 416 valence electrons. The molecule has 2 aliphatic carbocycles. The van der Waals surface area contributed by atoms with Gasteiger partial charge in [0, 0.05) is 50.8 Å². The highest BCUT2D eigenvalue weighted by Gasteiger charge is 2.65. The Hall–Kier alpha value is -7.34. The van der Waals surface area contributed by atoms with Crippen LogP contribution in [0.4, 0.5) is 45.5 Å². The van der Waals surface area contributed by atoms with Gasteiger partial charge in [-0.05, 0) is 175 Å². The topological polar surface area (TPSA) is 9.72 Å². The monoisotopic (exact) mass is 1100 g/mol. The summed E-state index contributed by atoms with van der Waals surface area (Å²) < 4.78 is 0. The van der Waals surface area contributed by atoms with E-state index in [2.05, 4.69) is 305 Å². The van der Waals surface area contributed by atoms with Crippen LogP contribution in [0.3, 0.4) is 0 Å². The maximum absolute atomic E-state index is 2.88. The van der Waals surface area contributed by atoms with E-state index in [9.17, 15) is 0 Å². The van der Waals surface area contributed by atoms with Crippen molar-refractivity contribution >= 4 is 81.9 Å². The van der Waals surface area contributed by atoms with Crippen molar-refractivity contribution in [1.29, 1.82) is 0 Å². The van der Waals surface area contributed by atoms with Gasteiger partial charge in [-0.25, -0.2) is 0 Å². The third-order valence-corrected chi connectivity index (χ3v) is 23.3. The molecule has 5 aliphatic rings.